The fourth-order valence-corrected chi connectivity index (χ4v) is 5.70. The van der Waals surface area contributed by atoms with Crippen molar-refractivity contribution in [3.8, 4) is 0 Å². The van der Waals surface area contributed by atoms with E-state index in [1.165, 1.54) is 89.9 Å². The third kappa shape index (κ3) is 38.4. The fraction of sp³-hybridized carbons (Fsp3) is 0.733. The molecule has 0 amide bonds. The summed E-state index contributed by atoms with van der Waals surface area (Å²) >= 11 is 0. The summed E-state index contributed by atoms with van der Waals surface area (Å²) in [4.78, 5) is 24.3. The highest BCUT2D eigenvalue weighted by atomic mass is 16.6. The number of hydrogen-bond acceptors (Lipinski definition) is 5. The molecule has 0 heterocycles. The van der Waals surface area contributed by atoms with Crippen LogP contribution in [0.2, 0.25) is 0 Å². The van der Waals surface area contributed by atoms with Crippen molar-refractivity contribution in [2.24, 2.45) is 0 Å². The zero-order chi connectivity index (χ0) is 36.4. The van der Waals surface area contributed by atoms with Crippen LogP contribution >= 0.6 is 0 Å². The first-order chi connectivity index (χ1) is 24.6. The van der Waals surface area contributed by atoms with Gasteiger partial charge in [-0.15, -0.1) is 0 Å². The Morgan fingerprint density at radius 3 is 1.30 bits per heavy atom. The number of ether oxygens (including phenoxy) is 2. The quantitative estimate of drug-likeness (QED) is 0.0397. The highest BCUT2D eigenvalue weighted by Crippen LogP contribution is 2.15. The zero-order valence-corrected chi connectivity index (χ0v) is 32.6. The van der Waals surface area contributed by atoms with Gasteiger partial charge in [0.1, 0.15) is 6.61 Å². The predicted molar refractivity (Wildman–Crippen MR) is 214 cm³/mol. The van der Waals surface area contributed by atoms with Crippen molar-refractivity contribution < 1.29 is 24.2 Å². The van der Waals surface area contributed by atoms with E-state index in [1.807, 2.05) is 0 Å². The van der Waals surface area contributed by atoms with Crippen molar-refractivity contribution in [2.75, 3.05) is 13.2 Å². The molecule has 0 radical (unpaired) electrons. The minimum absolute atomic E-state index is 0.0793. The van der Waals surface area contributed by atoms with Crippen molar-refractivity contribution in [1.29, 1.82) is 0 Å². The molecular weight excluding hydrogens is 620 g/mol. The zero-order valence-electron chi connectivity index (χ0n) is 32.6. The van der Waals surface area contributed by atoms with Crippen LogP contribution in [0, 0.1) is 0 Å². The first-order valence-electron chi connectivity index (χ1n) is 20.8. The predicted octanol–water partition coefficient (Wildman–Crippen LogP) is 13.2. The average molecular weight is 699 g/mol. The highest BCUT2D eigenvalue weighted by Gasteiger charge is 2.16. The lowest BCUT2D eigenvalue weighted by molar-refractivity contribution is -0.161. The Morgan fingerprint density at radius 1 is 0.480 bits per heavy atom. The van der Waals surface area contributed by atoms with Gasteiger partial charge in [-0.2, -0.15) is 0 Å². The second kappa shape index (κ2) is 41.0. The normalized spacial score (nSPS) is 12.8. The molecule has 0 aromatic carbocycles. The van der Waals surface area contributed by atoms with Gasteiger partial charge in [-0.3, -0.25) is 9.59 Å². The molecule has 0 aliphatic rings. The van der Waals surface area contributed by atoms with Crippen molar-refractivity contribution in [3.63, 3.8) is 0 Å². The summed E-state index contributed by atoms with van der Waals surface area (Å²) in [5.74, 6) is -0.626. The monoisotopic (exact) mass is 699 g/mol. The first-order valence-corrected chi connectivity index (χ1v) is 20.8. The van der Waals surface area contributed by atoms with Crippen LogP contribution in [0.1, 0.15) is 194 Å². The topological polar surface area (TPSA) is 72.8 Å². The standard InChI is InChI=1S/C45H78O5/c1-3-5-7-9-11-13-15-17-19-21-22-24-26-28-30-32-34-36-38-40-45(48)50-43(41-46)42-49-44(47)39-37-35-33-31-29-27-25-23-20-18-16-14-12-10-8-6-4-2/h5,7,11,13,17,19,22,24,28,30,43,46H,3-4,6,8-10,12,14-16,18,20-21,23,25-27,29,31-42H2,1-2H3/t43-/m0/s1. The number of hydrogen-bond donors (Lipinski definition) is 1. The van der Waals surface area contributed by atoms with Crippen molar-refractivity contribution in [3.05, 3.63) is 60.8 Å². The van der Waals surface area contributed by atoms with E-state index in [4.69, 9.17) is 9.47 Å². The Hall–Kier alpha value is -2.40. The first kappa shape index (κ1) is 47.6. The highest BCUT2D eigenvalue weighted by molar-refractivity contribution is 5.70. The molecule has 0 aromatic rings. The number of aliphatic hydroxyl groups is 1. The fourth-order valence-electron chi connectivity index (χ4n) is 5.70. The molecule has 0 saturated heterocycles. The van der Waals surface area contributed by atoms with Gasteiger partial charge in [0, 0.05) is 12.8 Å². The summed E-state index contributed by atoms with van der Waals surface area (Å²) < 4.78 is 10.6. The molecule has 0 unspecified atom stereocenters. The van der Waals surface area contributed by atoms with Gasteiger partial charge in [0.05, 0.1) is 6.61 Å². The number of carbonyl (C=O) groups excluding carboxylic acids is 2. The second-order valence-electron chi connectivity index (χ2n) is 13.7. The number of rotatable bonds is 37. The Labute approximate surface area is 309 Å². The van der Waals surface area contributed by atoms with Crippen LogP contribution in [0.5, 0.6) is 0 Å². The number of carbonyl (C=O) groups is 2. The third-order valence-electron chi connectivity index (χ3n) is 8.83. The molecule has 0 fully saturated rings. The maximum absolute atomic E-state index is 12.2. The summed E-state index contributed by atoms with van der Waals surface area (Å²) in [6.45, 7) is 4.00. The SMILES string of the molecule is CCC=CCC=CCC=CCC=CCC=CCCCCCC(=O)O[C@@H](CO)COC(=O)CCCCCCCCCCCCCCCCCCC. The lowest BCUT2D eigenvalue weighted by atomic mass is 10.0. The Kier molecular flexibility index (Phi) is 39.1. The largest absolute Gasteiger partial charge is 0.462 e. The molecule has 0 rings (SSSR count). The van der Waals surface area contributed by atoms with Gasteiger partial charge in [-0.05, 0) is 57.8 Å². The van der Waals surface area contributed by atoms with E-state index < -0.39 is 6.10 Å². The van der Waals surface area contributed by atoms with E-state index in [2.05, 4.69) is 74.6 Å². The maximum atomic E-state index is 12.2. The van der Waals surface area contributed by atoms with Crippen LogP contribution in [-0.2, 0) is 19.1 Å². The smallest absolute Gasteiger partial charge is 0.306 e. The Bertz CT molecular complexity index is 884. The van der Waals surface area contributed by atoms with Crippen molar-refractivity contribution in [2.45, 2.75) is 200 Å². The molecule has 1 N–H and O–H groups in total. The van der Waals surface area contributed by atoms with E-state index in [-0.39, 0.29) is 25.2 Å². The minimum Gasteiger partial charge on any atom is -0.462 e. The lowest BCUT2D eigenvalue weighted by Crippen LogP contribution is -2.28. The van der Waals surface area contributed by atoms with Gasteiger partial charge in [-0.25, -0.2) is 0 Å². The Balaban J connectivity index is 3.61. The van der Waals surface area contributed by atoms with E-state index >= 15 is 0 Å². The van der Waals surface area contributed by atoms with Gasteiger partial charge in [0.15, 0.2) is 6.10 Å². The lowest BCUT2D eigenvalue weighted by Gasteiger charge is -2.15. The number of allylic oxidation sites excluding steroid dienone is 10. The molecule has 0 aromatic heterocycles. The molecule has 0 spiro atoms. The van der Waals surface area contributed by atoms with E-state index in [0.717, 1.165) is 77.0 Å². The molecule has 1 atom stereocenters. The summed E-state index contributed by atoms with van der Waals surface area (Å²) in [7, 11) is 0. The molecule has 50 heavy (non-hydrogen) atoms. The van der Waals surface area contributed by atoms with Crippen LogP contribution in [-0.4, -0.2) is 36.4 Å². The average Bonchev–Trinajstić information content (AvgIpc) is 3.12. The van der Waals surface area contributed by atoms with Gasteiger partial charge < -0.3 is 14.6 Å². The molecule has 288 valence electrons. The molecule has 0 bridgehead atoms. The molecule has 0 aliphatic carbocycles. The molecule has 5 nitrogen and oxygen atoms in total. The summed E-state index contributed by atoms with van der Waals surface area (Å²) in [6.07, 6.45) is 52.8. The van der Waals surface area contributed by atoms with E-state index in [0.29, 0.717) is 12.8 Å². The van der Waals surface area contributed by atoms with E-state index in [1.54, 1.807) is 0 Å². The van der Waals surface area contributed by atoms with Gasteiger partial charge >= 0.3 is 11.9 Å². The second-order valence-corrected chi connectivity index (χ2v) is 13.7. The Morgan fingerprint density at radius 2 is 0.860 bits per heavy atom. The third-order valence-corrected chi connectivity index (χ3v) is 8.83. The molecule has 5 heteroatoms. The number of aliphatic hydroxyl groups excluding tert-OH is 1. The molecule has 0 saturated carbocycles. The van der Waals surface area contributed by atoms with Crippen LogP contribution in [0.4, 0.5) is 0 Å². The van der Waals surface area contributed by atoms with Crippen LogP contribution in [0.25, 0.3) is 0 Å². The minimum atomic E-state index is -0.789. The van der Waals surface area contributed by atoms with Crippen LogP contribution in [0.15, 0.2) is 60.8 Å². The van der Waals surface area contributed by atoms with E-state index in [9.17, 15) is 14.7 Å². The number of esters is 2. The van der Waals surface area contributed by atoms with Crippen molar-refractivity contribution >= 4 is 11.9 Å². The van der Waals surface area contributed by atoms with Gasteiger partial charge in [-0.1, -0.05) is 184 Å². The van der Waals surface area contributed by atoms with Gasteiger partial charge in [0.25, 0.3) is 0 Å². The number of unbranched alkanes of at least 4 members (excludes halogenated alkanes) is 19. The van der Waals surface area contributed by atoms with Crippen LogP contribution < -0.4 is 0 Å². The molecule has 0 aliphatic heterocycles. The van der Waals surface area contributed by atoms with Crippen LogP contribution in [0.3, 0.4) is 0 Å². The summed E-state index contributed by atoms with van der Waals surface area (Å²) in [6, 6.07) is 0. The summed E-state index contributed by atoms with van der Waals surface area (Å²) in [5, 5.41) is 9.57. The van der Waals surface area contributed by atoms with Gasteiger partial charge in [0.2, 0.25) is 0 Å². The summed E-state index contributed by atoms with van der Waals surface area (Å²) in [5.41, 5.74) is 0. The maximum Gasteiger partial charge on any atom is 0.306 e. The van der Waals surface area contributed by atoms with Crippen molar-refractivity contribution in [1.82, 2.24) is 0 Å². The molecular formula is C45H78O5.